The van der Waals surface area contributed by atoms with Gasteiger partial charge in [0.05, 0.1) is 6.26 Å². The first-order chi connectivity index (χ1) is 10.3. The maximum absolute atomic E-state index is 12.4. The first-order valence-electron chi connectivity index (χ1n) is 6.96. The molecule has 1 N–H and O–H groups in total. The lowest BCUT2D eigenvalue weighted by Crippen LogP contribution is -2.43. The number of hydrogen-bond acceptors (Lipinski definition) is 3. The predicted octanol–water partition coefficient (Wildman–Crippen LogP) is 2.52. The second kappa shape index (κ2) is 5.83. The third kappa shape index (κ3) is 2.81. The lowest BCUT2D eigenvalue weighted by atomic mass is 10.2. The van der Waals surface area contributed by atoms with E-state index in [1.807, 2.05) is 30.3 Å². The highest BCUT2D eigenvalue weighted by Gasteiger charge is 2.35. The average Bonchev–Trinajstić information content (AvgIpc) is 3.19. The Morgan fingerprint density at radius 1 is 1.14 bits per heavy atom. The molecule has 5 heteroatoms. The van der Waals surface area contributed by atoms with E-state index in [0.717, 1.165) is 12.1 Å². The quantitative estimate of drug-likeness (QED) is 0.942. The number of hydrogen-bond donors (Lipinski definition) is 1. The normalized spacial score (nSPS) is 17.7. The molecule has 3 rings (SSSR count). The van der Waals surface area contributed by atoms with Gasteiger partial charge in [-0.2, -0.15) is 0 Å². The predicted molar refractivity (Wildman–Crippen MR) is 77.8 cm³/mol. The van der Waals surface area contributed by atoms with E-state index < -0.39 is 6.04 Å². The van der Waals surface area contributed by atoms with E-state index in [1.165, 1.54) is 6.26 Å². The minimum atomic E-state index is -0.442. The van der Waals surface area contributed by atoms with Crippen LogP contribution < -0.4 is 5.32 Å². The van der Waals surface area contributed by atoms with Gasteiger partial charge in [0.15, 0.2) is 5.76 Å². The monoisotopic (exact) mass is 284 g/mol. The van der Waals surface area contributed by atoms with E-state index in [2.05, 4.69) is 5.32 Å². The van der Waals surface area contributed by atoms with Crippen molar-refractivity contribution in [2.45, 2.75) is 18.9 Å². The van der Waals surface area contributed by atoms with Gasteiger partial charge in [0.25, 0.3) is 5.91 Å². The molecule has 1 aromatic carbocycles. The maximum Gasteiger partial charge on any atom is 0.290 e. The molecule has 1 saturated heterocycles. The number of nitrogens with zero attached hydrogens (tertiary/aromatic N) is 1. The molecule has 5 nitrogen and oxygen atoms in total. The molecule has 0 radical (unpaired) electrons. The Hall–Kier alpha value is -2.56. The van der Waals surface area contributed by atoms with Crippen molar-refractivity contribution in [3.63, 3.8) is 0 Å². The highest BCUT2D eigenvalue weighted by Crippen LogP contribution is 2.22. The Morgan fingerprint density at radius 2 is 1.95 bits per heavy atom. The number of furan rings is 1. The van der Waals surface area contributed by atoms with Gasteiger partial charge in [-0.05, 0) is 37.1 Å². The Morgan fingerprint density at radius 3 is 2.67 bits per heavy atom. The van der Waals surface area contributed by atoms with Crippen molar-refractivity contribution in [3.8, 4) is 0 Å². The number of para-hydroxylation sites is 1. The minimum absolute atomic E-state index is 0.154. The van der Waals surface area contributed by atoms with Crippen LogP contribution in [0.5, 0.6) is 0 Å². The summed E-state index contributed by atoms with van der Waals surface area (Å²) >= 11 is 0. The number of carbonyl (C=O) groups is 2. The van der Waals surface area contributed by atoms with E-state index in [9.17, 15) is 9.59 Å². The minimum Gasteiger partial charge on any atom is -0.459 e. The molecular formula is C16H16N2O3. The van der Waals surface area contributed by atoms with Crippen molar-refractivity contribution in [2.24, 2.45) is 0 Å². The number of carbonyl (C=O) groups excluding carboxylic acids is 2. The molecule has 0 saturated carbocycles. The number of anilines is 1. The van der Waals surface area contributed by atoms with Gasteiger partial charge in [0.2, 0.25) is 5.91 Å². The van der Waals surface area contributed by atoms with Crippen molar-refractivity contribution in [3.05, 3.63) is 54.5 Å². The molecule has 108 valence electrons. The zero-order valence-electron chi connectivity index (χ0n) is 11.5. The Kier molecular flexibility index (Phi) is 3.73. The van der Waals surface area contributed by atoms with E-state index in [0.29, 0.717) is 13.0 Å². The fraction of sp³-hybridized carbons (Fsp3) is 0.250. The number of benzene rings is 1. The first kappa shape index (κ1) is 13.4. The van der Waals surface area contributed by atoms with E-state index >= 15 is 0 Å². The van der Waals surface area contributed by atoms with Gasteiger partial charge in [0.1, 0.15) is 6.04 Å². The van der Waals surface area contributed by atoms with Gasteiger partial charge >= 0.3 is 0 Å². The van der Waals surface area contributed by atoms with Gasteiger partial charge in [-0.15, -0.1) is 0 Å². The summed E-state index contributed by atoms with van der Waals surface area (Å²) in [7, 11) is 0. The molecule has 1 aliphatic heterocycles. The van der Waals surface area contributed by atoms with Crippen LogP contribution in [0, 0.1) is 0 Å². The van der Waals surface area contributed by atoms with Crippen molar-refractivity contribution in [1.29, 1.82) is 0 Å². The Bertz CT molecular complexity index is 622. The van der Waals surface area contributed by atoms with E-state index in [1.54, 1.807) is 17.0 Å². The largest absolute Gasteiger partial charge is 0.459 e. The summed E-state index contributed by atoms with van der Waals surface area (Å²) in [6.45, 7) is 0.576. The fourth-order valence-electron chi connectivity index (χ4n) is 2.57. The van der Waals surface area contributed by atoms with Gasteiger partial charge in [-0.3, -0.25) is 9.59 Å². The highest BCUT2D eigenvalue weighted by molar-refractivity contribution is 6.00. The second-order valence-corrected chi connectivity index (χ2v) is 4.99. The van der Waals surface area contributed by atoms with Gasteiger partial charge in [0, 0.05) is 12.2 Å². The van der Waals surface area contributed by atoms with Crippen LogP contribution in [0.2, 0.25) is 0 Å². The summed E-state index contributed by atoms with van der Waals surface area (Å²) in [5, 5.41) is 2.85. The van der Waals surface area contributed by atoms with Gasteiger partial charge in [-0.25, -0.2) is 0 Å². The van der Waals surface area contributed by atoms with Crippen LogP contribution in [-0.2, 0) is 4.79 Å². The molecular weight excluding hydrogens is 268 g/mol. The van der Waals surface area contributed by atoms with E-state index in [-0.39, 0.29) is 17.6 Å². The van der Waals surface area contributed by atoms with Gasteiger partial charge in [-0.1, -0.05) is 18.2 Å². The highest BCUT2D eigenvalue weighted by atomic mass is 16.3. The molecule has 0 bridgehead atoms. The number of amides is 2. The maximum atomic E-state index is 12.4. The summed E-state index contributed by atoms with van der Waals surface area (Å²) in [5.41, 5.74) is 0.736. The van der Waals surface area contributed by atoms with Crippen LogP contribution in [0.3, 0.4) is 0 Å². The molecule has 0 spiro atoms. The third-order valence-electron chi connectivity index (χ3n) is 3.59. The lowest BCUT2D eigenvalue weighted by molar-refractivity contribution is -0.119. The molecule has 1 unspecified atom stereocenters. The Balaban J connectivity index is 1.72. The number of likely N-dealkylation sites (tertiary alicyclic amines) is 1. The number of nitrogens with one attached hydrogen (secondary N) is 1. The molecule has 1 aliphatic rings. The summed E-state index contributed by atoms with van der Waals surface area (Å²) < 4.78 is 5.13. The zero-order valence-corrected chi connectivity index (χ0v) is 11.5. The molecule has 1 atom stereocenters. The summed E-state index contributed by atoms with van der Waals surface area (Å²) in [4.78, 5) is 26.3. The summed E-state index contributed by atoms with van der Waals surface area (Å²) in [6.07, 6.45) is 2.95. The molecule has 1 fully saturated rings. The van der Waals surface area contributed by atoms with Crippen LogP contribution in [0.4, 0.5) is 5.69 Å². The third-order valence-corrected chi connectivity index (χ3v) is 3.59. The lowest BCUT2D eigenvalue weighted by Gasteiger charge is -2.23. The van der Waals surface area contributed by atoms with E-state index in [4.69, 9.17) is 4.42 Å². The SMILES string of the molecule is O=C(Nc1ccccc1)C1CCCN1C(=O)c1ccco1. The number of rotatable bonds is 3. The van der Waals surface area contributed by atoms with Crippen LogP contribution in [-0.4, -0.2) is 29.3 Å². The molecule has 21 heavy (non-hydrogen) atoms. The molecule has 0 aliphatic carbocycles. The summed E-state index contributed by atoms with van der Waals surface area (Å²) in [6, 6.07) is 12.1. The van der Waals surface area contributed by atoms with Crippen molar-refractivity contribution in [1.82, 2.24) is 4.90 Å². The smallest absolute Gasteiger partial charge is 0.290 e. The Labute approximate surface area is 122 Å². The first-order valence-corrected chi connectivity index (χ1v) is 6.96. The summed E-state index contributed by atoms with van der Waals surface area (Å²) in [5.74, 6) is -0.112. The topological polar surface area (TPSA) is 62.6 Å². The second-order valence-electron chi connectivity index (χ2n) is 4.99. The molecule has 1 aromatic heterocycles. The van der Waals surface area contributed by atoms with Gasteiger partial charge < -0.3 is 14.6 Å². The van der Waals surface area contributed by atoms with Crippen LogP contribution in [0.1, 0.15) is 23.4 Å². The zero-order chi connectivity index (χ0) is 14.7. The van der Waals surface area contributed by atoms with Crippen molar-refractivity contribution in [2.75, 3.05) is 11.9 Å². The standard InChI is InChI=1S/C16H16N2O3/c19-15(17-12-6-2-1-3-7-12)13-8-4-10-18(13)16(20)14-9-5-11-21-14/h1-3,5-7,9,11,13H,4,8,10H2,(H,17,19). The van der Waals surface area contributed by atoms with Crippen LogP contribution in [0.15, 0.2) is 53.1 Å². The molecule has 2 heterocycles. The average molecular weight is 284 g/mol. The molecule has 2 aromatic rings. The van der Waals surface area contributed by atoms with Crippen LogP contribution >= 0.6 is 0 Å². The fourth-order valence-corrected chi connectivity index (χ4v) is 2.57. The molecule has 2 amide bonds. The van der Waals surface area contributed by atoms with Crippen LogP contribution in [0.25, 0.3) is 0 Å². The van der Waals surface area contributed by atoms with Crippen molar-refractivity contribution < 1.29 is 14.0 Å². The van der Waals surface area contributed by atoms with Crippen molar-refractivity contribution >= 4 is 17.5 Å².